The fraction of sp³-hybridized carbons (Fsp3) is 0.588. The molecule has 0 fully saturated rings. The number of hydrogen-bond donors (Lipinski definition) is 2. The van der Waals surface area contributed by atoms with E-state index < -0.39 is 0 Å². The van der Waals surface area contributed by atoms with Crippen LogP contribution in [-0.4, -0.2) is 28.0 Å². The lowest BCUT2D eigenvalue weighted by Gasteiger charge is -2.29. The number of rotatable bonds is 8. The Kier molecular flexibility index (Phi) is 5.37. The van der Waals surface area contributed by atoms with Gasteiger partial charge in [-0.15, -0.1) is 0 Å². The lowest BCUT2D eigenvalue weighted by Crippen LogP contribution is -2.36. The number of aliphatic hydroxyl groups is 1. The average Bonchev–Trinajstić information content (AvgIpc) is 2.90. The molecule has 0 unspecified atom stereocenters. The van der Waals surface area contributed by atoms with Crippen molar-refractivity contribution in [1.82, 2.24) is 15.1 Å². The van der Waals surface area contributed by atoms with Crippen LogP contribution in [0.5, 0.6) is 0 Å². The van der Waals surface area contributed by atoms with Crippen molar-refractivity contribution in [3.05, 3.63) is 30.0 Å². The third-order valence-corrected chi connectivity index (χ3v) is 4.66. The molecule has 21 heavy (non-hydrogen) atoms. The molecule has 0 radical (unpaired) electrons. The molecule has 2 N–H and O–H groups in total. The van der Waals surface area contributed by atoms with Crippen molar-refractivity contribution in [1.29, 1.82) is 0 Å². The van der Waals surface area contributed by atoms with Crippen LogP contribution in [0, 0.1) is 5.41 Å². The van der Waals surface area contributed by atoms with Crippen molar-refractivity contribution in [2.45, 2.75) is 46.7 Å². The van der Waals surface area contributed by atoms with Crippen molar-refractivity contribution < 1.29 is 5.11 Å². The normalized spacial score (nSPS) is 12.2. The van der Waals surface area contributed by atoms with E-state index in [1.165, 1.54) is 10.9 Å². The van der Waals surface area contributed by atoms with Gasteiger partial charge in [-0.2, -0.15) is 5.10 Å². The number of para-hydroxylation sites is 1. The number of fused-ring (bicyclic) bond motifs is 1. The van der Waals surface area contributed by atoms with Crippen LogP contribution in [0.1, 0.15) is 39.3 Å². The van der Waals surface area contributed by atoms with Crippen LogP contribution in [0.25, 0.3) is 10.9 Å². The standard InChI is InChI=1S/C17H27N3O/c1-4-17(5-2,13-21)12-18-11-15-14-9-7-8-10-16(14)20(6-3)19-15/h7-10,18,21H,4-6,11-13H2,1-3H3. The van der Waals surface area contributed by atoms with E-state index in [4.69, 9.17) is 5.10 Å². The SMILES string of the molecule is CCn1nc(CNCC(CC)(CC)CO)c2ccccc21. The fourth-order valence-corrected chi connectivity index (χ4v) is 2.79. The Morgan fingerprint density at radius 2 is 1.90 bits per heavy atom. The maximum atomic E-state index is 9.63. The van der Waals surface area contributed by atoms with E-state index in [9.17, 15) is 5.11 Å². The Bertz CT molecular complexity index is 564. The van der Waals surface area contributed by atoms with Gasteiger partial charge < -0.3 is 10.4 Å². The highest BCUT2D eigenvalue weighted by molar-refractivity contribution is 5.81. The minimum atomic E-state index is -0.0108. The molecule has 0 saturated heterocycles. The van der Waals surface area contributed by atoms with Gasteiger partial charge in [-0.1, -0.05) is 32.0 Å². The van der Waals surface area contributed by atoms with E-state index in [1.54, 1.807) is 0 Å². The van der Waals surface area contributed by atoms with Crippen molar-refractivity contribution in [3.63, 3.8) is 0 Å². The second-order valence-electron chi connectivity index (χ2n) is 5.75. The Morgan fingerprint density at radius 1 is 1.19 bits per heavy atom. The van der Waals surface area contributed by atoms with Crippen LogP contribution in [0.3, 0.4) is 0 Å². The summed E-state index contributed by atoms with van der Waals surface area (Å²) < 4.78 is 2.05. The first kappa shape index (κ1) is 16.0. The molecule has 0 aliphatic carbocycles. The van der Waals surface area contributed by atoms with Gasteiger partial charge in [0.05, 0.1) is 11.2 Å². The highest BCUT2D eigenvalue weighted by Gasteiger charge is 2.24. The van der Waals surface area contributed by atoms with Crippen molar-refractivity contribution >= 4 is 10.9 Å². The van der Waals surface area contributed by atoms with Gasteiger partial charge >= 0.3 is 0 Å². The number of aryl methyl sites for hydroxylation is 1. The molecule has 4 nitrogen and oxygen atoms in total. The molecule has 0 bridgehead atoms. The molecular formula is C17H27N3O. The summed E-state index contributed by atoms with van der Waals surface area (Å²) >= 11 is 0. The van der Waals surface area contributed by atoms with Crippen LogP contribution in [0.4, 0.5) is 0 Å². The van der Waals surface area contributed by atoms with Crippen LogP contribution in [0.15, 0.2) is 24.3 Å². The summed E-state index contributed by atoms with van der Waals surface area (Å²) in [5.41, 5.74) is 2.27. The summed E-state index contributed by atoms with van der Waals surface area (Å²) in [6, 6.07) is 8.36. The molecule has 0 aliphatic heterocycles. The van der Waals surface area contributed by atoms with Gasteiger partial charge in [-0.25, -0.2) is 0 Å². The zero-order valence-electron chi connectivity index (χ0n) is 13.4. The molecule has 0 atom stereocenters. The molecule has 4 heteroatoms. The topological polar surface area (TPSA) is 50.1 Å². The Balaban J connectivity index is 2.10. The maximum Gasteiger partial charge on any atom is 0.0841 e. The Morgan fingerprint density at radius 3 is 2.52 bits per heavy atom. The molecule has 116 valence electrons. The largest absolute Gasteiger partial charge is 0.396 e. The summed E-state index contributed by atoms with van der Waals surface area (Å²) in [5.74, 6) is 0. The van der Waals surface area contributed by atoms with Gasteiger partial charge in [-0.3, -0.25) is 4.68 Å². The third-order valence-electron chi connectivity index (χ3n) is 4.66. The lowest BCUT2D eigenvalue weighted by molar-refractivity contribution is 0.113. The highest BCUT2D eigenvalue weighted by atomic mass is 16.3. The first-order valence-electron chi connectivity index (χ1n) is 7.95. The number of hydrogen-bond acceptors (Lipinski definition) is 3. The first-order valence-corrected chi connectivity index (χ1v) is 7.95. The van der Waals surface area contributed by atoms with Gasteiger partial charge in [0.2, 0.25) is 0 Å². The van der Waals surface area contributed by atoms with Crippen LogP contribution < -0.4 is 5.32 Å². The first-order chi connectivity index (χ1) is 10.2. The number of nitrogens with zero attached hydrogens (tertiary/aromatic N) is 2. The molecule has 0 spiro atoms. The molecule has 1 aromatic carbocycles. The molecule has 0 aliphatic rings. The van der Waals surface area contributed by atoms with E-state index in [-0.39, 0.29) is 12.0 Å². The highest BCUT2D eigenvalue weighted by Crippen LogP contribution is 2.25. The fourth-order valence-electron chi connectivity index (χ4n) is 2.79. The predicted octanol–water partition coefficient (Wildman–Crippen LogP) is 2.94. The van der Waals surface area contributed by atoms with Crippen LogP contribution in [0.2, 0.25) is 0 Å². The second-order valence-corrected chi connectivity index (χ2v) is 5.75. The molecular weight excluding hydrogens is 262 g/mol. The van der Waals surface area contributed by atoms with Gasteiger partial charge in [0.15, 0.2) is 0 Å². The number of nitrogens with one attached hydrogen (secondary N) is 1. The molecule has 0 saturated carbocycles. The molecule has 1 heterocycles. The predicted molar refractivity (Wildman–Crippen MR) is 87.2 cm³/mol. The minimum Gasteiger partial charge on any atom is -0.396 e. The van der Waals surface area contributed by atoms with Crippen LogP contribution in [-0.2, 0) is 13.1 Å². The van der Waals surface area contributed by atoms with E-state index in [1.807, 2.05) is 4.68 Å². The summed E-state index contributed by atoms with van der Waals surface area (Å²) in [6.45, 7) is 9.08. The summed E-state index contributed by atoms with van der Waals surface area (Å²) in [5, 5.41) is 19.0. The lowest BCUT2D eigenvalue weighted by atomic mass is 9.83. The summed E-state index contributed by atoms with van der Waals surface area (Å²) in [4.78, 5) is 0. The van der Waals surface area contributed by atoms with Gasteiger partial charge in [0.1, 0.15) is 0 Å². The van der Waals surface area contributed by atoms with Crippen molar-refractivity contribution in [2.75, 3.05) is 13.2 Å². The molecule has 2 rings (SSSR count). The molecule has 0 amide bonds. The quantitative estimate of drug-likeness (QED) is 0.785. The summed E-state index contributed by atoms with van der Waals surface area (Å²) in [6.07, 6.45) is 1.97. The number of aromatic nitrogens is 2. The van der Waals surface area contributed by atoms with E-state index >= 15 is 0 Å². The van der Waals surface area contributed by atoms with E-state index in [2.05, 4.69) is 50.4 Å². The summed E-state index contributed by atoms with van der Waals surface area (Å²) in [7, 11) is 0. The van der Waals surface area contributed by atoms with Crippen molar-refractivity contribution in [3.8, 4) is 0 Å². The number of benzene rings is 1. The smallest absolute Gasteiger partial charge is 0.0841 e. The molecule has 2 aromatic rings. The van der Waals surface area contributed by atoms with E-state index in [0.29, 0.717) is 0 Å². The zero-order valence-corrected chi connectivity index (χ0v) is 13.4. The zero-order chi connectivity index (χ0) is 15.3. The van der Waals surface area contributed by atoms with Gasteiger partial charge in [0, 0.05) is 37.0 Å². The van der Waals surface area contributed by atoms with Crippen molar-refractivity contribution in [2.24, 2.45) is 5.41 Å². The third kappa shape index (κ3) is 3.27. The monoisotopic (exact) mass is 289 g/mol. The second kappa shape index (κ2) is 7.05. The van der Waals surface area contributed by atoms with Gasteiger partial charge in [0.25, 0.3) is 0 Å². The average molecular weight is 289 g/mol. The van der Waals surface area contributed by atoms with Gasteiger partial charge in [-0.05, 0) is 25.8 Å². The maximum absolute atomic E-state index is 9.63. The minimum absolute atomic E-state index is 0.0108. The molecule has 1 aromatic heterocycles. The Labute approximate surface area is 127 Å². The van der Waals surface area contributed by atoms with E-state index in [0.717, 1.165) is 38.2 Å². The Hall–Kier alpha value is -1.39. The number of aliphatic hydroxyl groups excluding tert-OH is 1. The van der Waals surface area contributed by atoms with Crippen LogP contribution >= 0.6 is 0 Å².